The van der Waals surface area contributed by atoms with Crippen molar-refractivity contribution in [1.82, 2.24) is 20.0 Å². The molecule has 2 heterocycles. The predicted molar refractivity (Wildman–Crippen MR) is 107 cm³/mol. The molecule has 8 heteroatoms. The minimum Gasteiger partial charge on any atom is -0.301 e. The molecule has 0 unspecified atom stereocenters. The third-order valence-electron chi connectivity index (χ3n) is 4.63. The van der Waals surface area contributed by atoms with Crippen LogP contribution in [0.25, 0.3) is 16.6 Å². The highest BCUT2D eigenvalue weighted by atomic mass is 32.1. The van der Waals surface area contributed by atoms with Crippen molar-refractivity contribution >= 4 is 33.3 Å². The standard InChI is InChI=1S/C20H18FN5OS/c1-20(2,10-18(27)24-19-25-22-12-28-19)14-3-8-17-13(9-14)11-23-26(17)16-6-4-15(21)5-7-16/h3-9,11-12H,10H2,1-2H3,(H,24,25,27). The molecule has 1 amide bonds. The van der Waals surface area contributed by atoms with E-state index in [2.05, 4.69) is 20.6 Å². The number of nitrogens with one attached hydrogen (secondary N) is 1. The van der Waals surface area contributed by atoms with Crippen molar-refractivity contribution in [1.29, 1.82) is 0 Å². The quantitative estimate of drug-likeness (QED) is 0.546. The van der Waals surface area contributed by atoms with Gasteiger partial charge in [0.05, 0.1) is 17.4 Å². The van der Waals surface area contributed by atoms with Gasteiger partial charge in [-0.05, 0) is 47.4 Å². The van der Waals surface area contributed by atoms with Gasteiger partial charge in [0.15, 0.2) is 0 Å². The third-order valence-corrected chi connectivity index (χ3v) is 5.24. The maximum absolute atomic E-state index is 13.2. The number of halogens is 1. The van der Waals surface area contributed by atoms with Gasteiger partial charge in [-0.3, -0.25) is 4.79 Å². The molecule has 2 aromatic heterocycles. The Labute approximate surface area is 165 Å². The molecule has 0 aliphatic rings. The van der Waals surface area contributed by atoms with Gasteiger partial charge in [0.2, 0.25) is 11.0 Å². The molecule has 28 heavy (non-hydrogen) atoms. The Hall–Kier alpha value is -3.13. The normalized spacial score (nSPS) is 11.7. The zero-order valence-corrected chi connectivity index (χ0v) is 16.2. The fraction of sp³-hybridized carbons (Fsp3) is 0.200. The Balaban J connectivity index is 1.58. The Bertz CT molecular complexity index is 1120. The van der Waals surface area contributed by atoms with E-state index in [1.807, 2.05) is 32.0 Å². The average molecular weight is 395 g/mol. The van der Waals surface area contributed by atoms with Gasteiger partial charge < -0.3 is 5.32 Å². The van der Waals surface area contributed by atoms with Crippen LogP contribution in [-0.4, -0.2) is 25.9 Å². The molecular formula is C20H18FN5OS. The highest BCUT2D eigenvalue weighted by Crippen LogP contribution is 2.31. The number of hydrogen-bond donors (Lipinski definition) is 1. The highest BCUT2D eigenvalue weighted by Gasteiger charge is 2.25. The van der Waals surface area contributed by atoms with E-state index in [0.29, 0.717) is 11.6 Å². The molecule has 0 saturated carbocycles. The monoisotopic (exact) mass is 395 g/mol. The number of anilines is 1. The first-order valence-corrected chi connectivity index (χ1v) is 9.60. The molecule has 0 radical (unpaired) electrons. The van der Waals surface area contributed by atoms with Crippen molar-refractivity contribution in [3.63, 3.8) is 0 Å². The van der Waals surface area contributed by atoms with Gasteiger partial charge in [0, 0.05) is 11.8 Å². The summed E-state index contributed by atoms with van der Waals surface area (Å²) in [5.41, 5.74) is 3.95. The second-order valence-corrected chi connectivity index (χ2v) is 7.99. The fourth-order valence-corrected chi connectivity index (χ4v) is 3.60. The number of benzene rings is 2. The zero-order chi connectivity index (χ0) is 19.7. The van der Waals surface area contributed by atoms with Crippen LogP contribution in [0.5, 0.6) is 0 Å². The summed E-state index contributed by atoms with van der Waals surface area (Å²) >= 11 is 1.29. The summed E-state index contributed by atoms with van der Waals surface area (Å²) in [6.07, 6.45) is 2.09. The SMILES string of the molecule is CC(C)(CC(=O)Nc1nncs1)c1ccc2c(cnn2-c2ccc(F)cc2)c1. The second kappa shape index (κ2) is 7.12. The summed E-state index contributed by atoms with van der Waals surface area (Å²) in [5, 5.41) is 16.2. The Morgan fingerprint density at radius 1 is 1.21 bits per heavy atom. The van der Waals surface area contributed by atoms with Crippen LogP contribution in [0.2, 0.25) is 0 Å². The van der Waals surface area contributed by atoms with Crippen molar-refractivity contribution in [3.05, 3.63) is 65.6 Å². The molecule has 4 rings (SSSR count). The molecule has 0 aliphatic carbocycles. The van der Waals surface area contributed by atoms with Gasteiger partial charge in [0.25, 0.3) is 0 Å². The van der Waals surface area contributed by atoms with Crippen molar-refractivity contribution in [2.75, 3.05) is 5.32 Å². The van der Waals surface area contributed by atoms with Crippen LogP contribution in [0.15, 0.2) is 54.2 Å². The zero-order valence-electron chi connectivity index (χ0n) is 15.4. The van der Waals surface area contributed by atoms with E-state index in [1.54, 1.807) is 28.5 Å². The topological polar surface area (TPSA) is 72.7 Å². The second-order valence-electron chi connectivity index (χ2n) is 7.16. The number of aromatic nitrogens is 4. The van der Waals surface area contributed by atoms with Crippen LogP contribution in [0.4, 0.5) is 9.52 Å². The summed E-state index contributed by atoms with van der Waals surface area (Å²) in [6.45, 7) is 4.05. The van der Waals surface area contributed by atoms with Crippen LogP contribution in [-0.2, 0) is 10.2 Å². The van der Waals surface area contributed by atoms with Crippen LogP contribution in [0.1, 0.15) is 25.8 Å². The van der Waals surface area contributed by atoms with E-state index in [1.165, 1.54) is 23.5 Å². The van der Waals surface area contributed by atoms with Gasteiger partial charge in [-0.2, -0.15) is 5.10 Å². The molecule has 0 aliphatic heterocycles. The van der Waals surface area contributed by atoms with Gasteiger partial charge in [-0.15, -0.1) is 10.2 Å². The Morgan fingerprint density at radius 3 is 2.71 bits per heavy atom. The molecule has 0 bridgehead atoms. The van der Waals surface area contributed by atoms with Gasteiger partial charge in [-0.25, -0.2) is 9.07 Å². The summed E-state index contributed by atoms with van der Waals surface area (Å²) in [5.74, 6) is -0.389. The summed E-state index contributed by atoms with van der Waals surface area (Å²) in [7, 11) is 0. The number of rotatable bonds is 5. The fourth-order valence-electron chi connectivity index (χ4n) is 3.14. The molecule has 6 nitrogen and oxygen atoms in total. The van der Waals surface area contributed by atoms with E-state index >= 15 is 0 Å². The summed E-state index contributed by atoms with van der Waals surface area (Å²) in [6, 6.07) is 12.2. The lowest BCUT2D eigenvalue weighted by Gasteiger charge is -2.24. The molecule has 4 aromatic rings. The highest BCUT2D eigenvalue weighted by molar-refractivity contribution is 7.13. The van der Waals surface area contributed by atoms with E-state index in [9.17, 15) is 9.18 Å². The number of amides is 1. The Kier molecular flexibility index (Phi) is 4.64. The summed E-state index contributed by atoms with van der Waals surface area (Å²) in [4.78, 5) is 12.4. The van der Waals surface area contributed by atoms with E-state index in [0.717, 1.165) is 22.2 Å². The first kappa shape index (κ1) is 18.2. The van der Waals surface area contributed by atoms with E-state index < -0.39 is 0 Å². The molecular weight excluding hydrogens is 377 g/mol. The molecule has 0 saturated heterocycles. The summed E-state index contributed by atoms with van der Waals surface area (Å²) < 4.78 is 15.0. The van der Waals surface area contributed by atoms with Crippen LogP contribution in [0, 0.1) is 5.82 Å². The van der Waals surface area contributed by atoms with Crippen molar-refractivity contribution in [2.45, 2.75) is 25.7 Å². The average Bonchev–Trinajstić information content (AvgIpc) is 3.31. The molecule has 0 spiro atoms. The molecule has 0 atom stereocenters. The lowest BCUT2D eigenvalue weighted by Crippen LogP contribution is -2.25. The van der Waals surface area contributed by atoms with Crippen molar-refractivity contribution in [3.8, 4) is 5.69 Å². The van der Waals surface area contributed by atoms with E-state index in [4.69, 9.17) is 0 Å². The van der Waals surface area contributed by atoms with Gasteiger partial charge >= 0.3 is 0 Å². The largest absolute Gasteiger partial charge is 0.301 e. The number of fused-ring (bicyclic) bond motifs is 1. The number of carbonyl (C=O) groups is 1. The third kappa shape index (κ3) is 3.63. The van der Waals surface area contributed by atoms with Gasteiger partial charge in [-0.1, -0.05) is 31.3 Å². The minimum atomic E-state index is -0.374. The molecule has 0 fully saturated rings. The Morgan fingerprint density at radius 2 is 2.00 bits per heavy atom. The predicted octanol–water partition coefficient (Wildman–Crippen LogP) is 4.32. The van der Waals surface area contributed by atoms with Gasteiger partial charge in [0.1, 0.15) is 11.3 Å². The van der Waals surface area contributed by atoms with Crippen LogP contribution < -0.4 is 5.32 Å². The lowest BCUT2D eigenvalue weighted by atomic mass is 9.81. The van der Waals surface area contributed by atoms with Crippen LogP contribution >= 0.6 is 11.3 Å². The first-order valence-electron chi connectivity index (χ1n) is 8.73. The van der Waals surface area contributed by atoms with Crippen LogP contribution in [0.3, 0.4) is 0 Å². The number of carbonyl (C=O) groups excluding carboxylic acids is 1. The maximum atomic E-state index is 13.2. The lowest BCUT2D eigenvalue weighted by molar-refractivity contribution is -0.117. The maximum Gasteiger partial charge on any atom is 0.227 e. The first-order chi connectivity index (χ1) is 13.4. The smallest absolute Gasteiger partial charge is 0.227 e. The molecule has 142 valence electrons. The molecule has 1 N–H and O–H groups in total. The number of nitrogens with zero attached hydrogens (tertiary/aromatic N) is 4. The van der Waals surface area contributed by atoms with E-state index in [-0.39, 0.29) is 17.1 Å². The molecule has 2 aromatic carbocycles. The number of hydrogen-bond acceptors (Lipinski definition) is 5. The van der Waals surface area contributed by atoms with Crippen molar-refractivity contribution in [2.24, 2.45) is 0 Å². The minimum absolute atomic E-state index is 0.108. The van der Waals surface area contributed by atoms with Crippen molar-refractivity contribution < 1.29 is 9.18 Å².